The fourth-order valence-electron chi connectivity index (χ4n) is 2.77. The predicted molar refractivity (Wildman–Crippen MR) is 83.6 cm³/mol. The molecule has 0 radical (unpaired) electrons. The van der Waals surface area contributed by atoms with Gasteiger partial charge in [-0.3, -0.25) is 4.79 Å². The Bertz CT molecular complexity index is 715. The summed E-state index contributed by atoms with van der Waals surface area (Å²) in [5.41, 5.74) is 2.77. The standard InChI is InChI=1S/C17H16N2O3/c20-16-8-13-14(19-16)6-7-15-17(13)22-12(10-21-15)9-18-11-4-2-1-3-5-11/h1-7,12,18H,8-10H2,(H,19,20). The van der Waals surface area contributed by atoms with Gasteiger partial charge in [-0.1, -0.05) is 18.2 Å². The van der Waals surface area contributed by atoms with Crippen LogP contribution < -0.4 is 20.1 Å². The van der Waals surface area contributed by atoms with Gasteiger partial charge in [0.2, 0.25) is 5.91 Å². The van der Waals surface area contributed by atoms with Gasteiger partial charge in [0.05, 0.1) is 13.0 Å². The normalized spacial score (nSPS) is 18.5. The summed E-state index contributed by atoms with van der Waals surface area (Å²) in [5, 5.41) is 6.16. The molecule has 2 heterocycles. The second-order valence-corrected chi connectivity index (χ2v) is 5.44. The number of amides is 1. The molecule has 0 saturated heterocycles. The van der Waals surface area contributed by atoms with Crippen molar-refractivity contribution in [1.82, 2.24) is 0 Å². The zero-order valence-electron chi connectivity index (χ0n) is 12.0. The lowest BCUT2D eigenvalue weighted by Gasteiger charge is -2.28. The fraction of sp³-hybridized carbons (Fsp3) is 0.235. The largest absolute Gasteiger partial charge is 0.486 e. The quantitative estimate of drug-likeness (QED) is 0.913. The van der Waals surface area contributed by atoms with Gasteiger partial charge in [-0.15, -0.1) is 0 Å². The van der Waals surface area contributed by atoms with Crippen LogP contribution in [-0.4, -0.2) is 25.2 Å². The van der Waals surface area contributed by atoms with Gasteiger partial charge < -0.3 is 20.1 Å². The van der Waals surface area contributed by atoms with E-state index in [1.807, 2.05) is 42.5 Å². The number of carbonyl (C=O) groups excluding carboxylic acids is 1. The minimum atomic E-state index is -0.0880. The van der Waals surface area contributed by atoms with Crippen molar-refractivity contribution in [3.05, 3.63) is 48.0 Å². The van der Waals surface area contributed by atoms with Crippen LogP contribution in [0.15, 0.2) is 42.5 Å². The Kier molecular flexibility index (Phi) is 3.11. The molecule has 2 aromatic carbocycles. The average molecular weight is 296 g/mol. The highest BCUT2D eigenvalue weighted by Crippen LogP contribution is 2.41. The minimum absolute atomic E-state index is 0.00321. The maximum atomic E-state index is 11.6. The van der Waals surface area contributed by atoms with Crippen molar-refractivity contribution in [1.29, 1.82) is 0 Å². The second kappa shape index (κ2) is 5.26. The van der Waals surface area contributed by atoms with Crippen LogP contribution in [-0.2, 0) is 11.2 Å². The van der Waals surface area contributed by atoms with E-state index >= 15 is 0 Å². The zero-order valence-corrected chi connectivity index (χ0v) is 12.0. The van der Waals surface area contributed by atoms with Gasteiger partial charge in [0.25, 0.3) is 0 Å². The molecular formula is C17H16N2O3. The molecule has 0 aliphatic carbocycles. The molecule has 2 aliphatic rings. The van der Waals surface area contributed by atoms with Crippen molar-refractivity contribution in [3.8, 4) is 11.5 Å². The SMILES string of the molecule is O=C1Cc2c(ccc3c2OC(CNc2ccccc2)CO3)N1. The molecule has 1 atom stereocenters. The Morgan fingerprint density at radius 3 is 2.91 bits per heavy atom. The van der Waals surface area contributed by atoms with E-state index in [4.69, 9.17) is 9.47 Å². The molecule has 0 saturated carbocycles. The van der Waals surface area contributed by atoms with Crippen molar-refractivity contribution in [2.45, 2.75) is 12.5 Å². The third-order valence-corrected chi connectivity index (χ3v) is 3.85. The first-order valence-corrected chi connectivity index (χ1v) is 7.34. The third kappa shape index (κ3) is 2.35. The summed E-state index contributed by atoms with van der Waals surface area (Å²) in [6.07, 6.45) is 0.260. The molecule has 0 aromatic heterocycles. The summed E-state index contributed by atoms with van der Waals surface area (Å²) >= 11 is 0. The molecule has 112 valence electrons. The van der Waals surface area contributed by atoms with Gasteiger partial charge in [0.1, 0.15) is 12.7 Å². The smallest absolute Gasteiger partial charge is 0.229 e. The van der Waals surface area contributed by atoms with Crippen LogP contribution in [0.25, 0.3) is 0 Å². The lowest BCUT2D eigenvalue weighted by molar-refractivity contribution is -0.115. The lowest BCUT2D eigenvalue weighted by atomic mass is 10.1. The molecule has 1 amide bonds. The van der Waals surface area contributed by atoms with Crippen molar-refractivity contribution < 1.29 is 14.3 Å². The number of hydrogen-bond donors (Lipinski definition) is 2. The van der Waals surface area contributed by atoms with Gasteiger partial charge in [-0.05, 0) is 24.3 Å². The van der Waals surface area contributed by atoms with Crippen LogP contribution in [0, 0.1) is 0 Å². The van der Waals surface area contributed by atoms with Crippen LogP contribution in [0.5, 0.6) is 11.5 Å². The van der Waals surface area contributed by atoms with Crippen LogP contribution in [0.2, 0.25) is 0 Å². The third-order valence-electron chi connectivity index (χ3n) is 3.85. The fourth-order valence-corrected chi connectivity index (χ4v) is 2.77. The van der Waals surface area contributed by atoms with Gasteiger partial charge in [0, 0.05) is 16.9 Å². The topological polar surface area (TPSA) is 59.6 Å². The number of nitrogens with one attached hydrogen (secondary N) is 2. The number of carbonyl (C=O) groups is 1. The molecule has 2 N–H and O–H groups in total. The predicted octanol–water partition coefficient (Wildman–Crippen LogP) is 2.43. The first-order valence-electron chi connectivity index (χ1n) is 7.34. The minimum Gasteiger partial charge on any atom is -0.486 e. The molecule has 2 aromatic rings. The number of para-hydroxylation sites is 1. The molecule has 5 nitrogen and oxygen atoms in total. The van der Waals surface area contributed by atoms with Crippen LogP contribution in [0.4, 0.5) is 11.4 Å². The zero-order chi connectivity index (χ0) is 14.9. The summed E-state index contributed by atoms with van der Waals surface area (Å²) in [4.78, 5) is 11.6. The van der Waals surface area contributed by atoms with Gasteiger partial charge in [-0.2, -0.15) is 0 Å². The molecule has 0 bridgehead atoms. The highest BCUT2D eigenvalue weighted by molar-refractivity contribution is 6.00. The van der Waals surface area contributed by atoms with E-state index in [1.165, 1.54) is 0 Å². The first kappa shape index (κ1) is 13.0. The van der Waals surface area contributed by atoms with E-state index < -0.39 is 0 Å². The number of hydrogen-bond acceptors (Lipinski definition) is 4. The van der Waals surface area contributed by atoms with Crippen molar-refractivity contribution in [2.24, 2.45) is 0 Å². The molecule has 5 heteroatoms. The molecular weight excluding hydrogens is 280 g/mol. The maximum absolute atomic E-state index is 11.6. The monoisotopic (exact) mass is 296 g/mol. The van der Waals surface area contributed by atoms with E-state index in [2.05, 4.69) is 10.6 Å². The number of benzene rings is 2. The molecule has 4 rings (SSSR count). The molecule has 0 fully saturated rings. The Labute approximate surface area is 128 Å². The molecule has 1 unspecified atom stereocenters. The van der Waals surface area contributed by atoms with Crippen molar-refractivity contribution in [2.75, 3.05) is 23.8 Å². The molecule has 0 spiro atoms. The summed E-state index contributed by atoms with van der Waals surface area (Å²) < 4.78 is 11.8. The summed E-state index contributed by atoms with van der Waals surface area (Å²) in [6.45, 7) is 1.14. The summed E-state index contributed by atoms with van der Waals surface area (Å²) in [5.74, 6) is 1.41. The number of rotatable bonds is 3. The van der Waals surface area contributed by atoms with Gasteiger partial charge in [0.15, 0.2) is 11.5 Å². The van der Waals surface area contributed by atoms with E-state index in [0.717, 1.165) is 16.9 Å². The van der Waals surface area contributed by atoms with Gasteiger partial charge >= 0.3 is 0 Å². The van der Waals surface area contributed by atoms with E-state index in [-0.39, 0.29) is 12.0 Å². The van der Waals surface area contributed by atoms with Crippen molar-refractivity contribution >= 4 is 17.3 Å². The Balaban J connectivity index is 1.50. The number of anilines is 2. The summed E-state index contributed by atoms with van der Waals surface area (Å²) in [7, 11) is 0. The number of ether oxygens (including phenoxy) is 2. The van der Waals surface area contributed by atoms with Crippen LogP contribution >= 0.6 is 0 Å². The van der Waals surface area contributed by atoms with Crippen LogP contribution in [0.3, 0.4) is 0 Å². The maximum Gasteiger partial charge on any atom is 0.229 e. The van der Waals surface area contributed by atoms with Crippen molar-refractivity contribution in [3.63, 3.8) is 0 Å². The van der Waals surface area contributed by atoms with E-state index in [1.54, 1.807) is 0 Å². The van der Waals surface area contributed by atoms with E-state index in [0.29, 0.717) is 31.1 Å². The Morgan fingerprint density at radius 2 is 2.05 bits per heavy atom. The Morgan fingerprint density at radius 1 is 1.18 bits per heavy atom. The summed E-state index contributed by atoms with van der Waals surface area (Å²) in [6, 6.07) is 13.7. The number of fused-ring (bicyclic) bond motifs is 3. The lowest BCUT2D eigenvalue weighted by Crippen LogP contribution is -2.35. The Hall–Kier alpha value is -2.69. The highest BCUT2D eigenvalue weighted by Gasteiger charge is 2.29. The van der Waals surface area contributed by atoms with Gasteiger partial charge in [-0.25, -0.2) is 0 Å². The van der Waals surface area contributed by atoms with E-state index in [9.17, 15) is 4.79 Å². The highest BCUT2D eigenvalue weighted by atomic mass is 16.6. The molecule has 22 heavy (non-hydrogen) atoms. The second-order valence-electron chi connectivity index (χ2n) is 5.44. The average Bonchev–Trinajstić information content (AvgIpc) is 2.94. The van der Waals surface area contributed by atoms with Crippen LogP contribution in [0.1, 0.15) is 5.56 Å². The molecule has 2 aliphatic heterocycles. The first-order chi connectivity index (χ1) is 10.8.